The van der Waals surface area contributed by atoms with Crippen LogP contribution in [0, 0.1) is 58.2 Å². The molecule has 0 aliphatic heterocycles. The van der Waals surface area contributed by atoms with Crippen molar-refractivity contribution in [2.24, 2.45) is 46.3 Å². The molecule has 4 rings (SSSR count). The van der Waals surface area contributed by atoms with Crippen molar-refractivity contribution >= 4 is 0 Å². The van der Waals surface area contributed by atoms with Crippen LogP contribution >= 0.6 is 0 Å². The van der Waals surface area contributed by atoms with Crippen LogP contribution in [0.1, 0.15) is 91.9 Å². The zero-order chi connectivity index (χ0) is 18.5. The minimum absolute atomic E-state index is 0.0186. The molecule has 0 aromatic rings. The number of hydrogen-bond donors (Lipinski definition) is 1. The molecule has 0 heterocycles. The lowest BCUT2D eigenvalue weighted by molar-refractivity contribution is -0.129. The van der Waals surface area contributed by atoms with E-state index in [1.54, 1.807) is 0 Å². The Labute approximate surface area is 161 Å². The van der Waals surface area contributed by atoms with Crippen LogP contribution in [-0.2, 0) is 0 Å². The van der Waals surface area contributed by atoms with E-state index in [9.17, 15) is 5.11 Å². The predicted molar refractivity (Wildman–Crippen MR) is 108 cm³/mol. The van der Waals surface area contributed by atoms with Gasteiger partial charge in [0.15, 0.2) is 0 Å². The highest BCUT2D eigenvalue weighted by atomic mass is 16.3. The lowest BCUT2D eigenvalue weighted by Crippen LogP contribution is -2.54. The normalized spacial score (nSPS) is 51.4. The third kappa shape index (κ3) is 2.78. The van der Waals surface area contributed by atoms with Gasteiger partial charge in [0.25, 0.3) is 0 Å². The van der Waals surface area contributed by atoms with Crippen molar-refractivity contribution in [1.29, 1.82) is 0 Å². The van der Waals surface area contributed by atoms with Crippen molar-refractivity contribution in [3.05, 3.63) is 0 Å². The molecule has 0 aromatic heterocycles. The van der Waals surface area contributed by atoms with Crippen molar-refractivity contribution in [3.8, 4) is 11.8 Å². The van der Waals surface area contributed by atoms with E-state index in [-0.39, 0.29) is 6.10 Å². The Hall–Kier alpha value is -0.480. The first kappa shape index (κ1) is 18.9. The van der Waals surface area contributed by atoms with Crippen LogP contribution in [0.5, 0.6) is 0 Å². The lowest BCUT2D eigenvalue weighted by Gasteiger charge is -2.61. The Morgan fingerprint density at radius 2 is 1.69 bits per heavy atom. The summed E-state index contributed by atoms with van der Waals surface area (Å²) in [7, 11) is 0. The summed E-state index contributed by atoms with van der Waals surface area (Å²) in [6.45, 7) is 9.71. The fourth-order valence-corrected chi connectivity index (χ4v) is 8.62. The molecule has 4 aliphatic rings. The maximum absolute atomic E-state index is 10.2. The van der Waals surface area contributed by atoms with Crippen LogP contribution < -0.4 is 0 Å². The smallest absolute Gasteiger partial charge is 0.0543 e. The van der Waals surface area contributed by atoms with Gasteiger partial charge in [0, 0.05) is 6.42 Å². The monoisotopic (exact) mass is 356 g/mol. The quantitative estimate of drug-likeness (QED) is 0.597. The van der Waals surface area contributed by atoms with Crippen LogP contribution in [-0.4, -0.2) is 11.2 Å². The molecule has 1 heteroatoms. The average Bonchev–Trinajstić information content (AvgIpc) is 2.97. The number of aliphatic hydroxyl groups is 1. The summed E-state index contributed by atoms with van der Waals surface area (Å²) in [6.07, 6.45) is 13.1. The highest BCUT2D eigenvalue weighted by Gasteiger charge is 2.60. The molecule has 0 radical (unpaired) electrons. The van der Waals surface area contributed by atoms with E-state index in [0.717, 1.165) is 54.8 Å². The second-order valence-corrected chi connectivity index (χ2v) is 10.9. The largest absolute Gasteiger partial charge is 0.393 e. The third-order valence-electron chi connectivity index (χ3n) is 10.00. The molecule has 4 saturated carbocycles. The van der Waals surface area contributed by atoms with Gasteiger partial charge in [-0.3, -0.25) is 0 Å². The van der Waals surface area contributed by atoms with E-state index >= 15 is 0 Å². The van der Waals surface area contributed by atoms with Gasteiger partial charge in [-0.05, 0) is 111 Å². The van der Waals surface area contributed by atoms with Gasteiger partial charge in [0.2, 0.25) is 0 Å². The van der Waals surface area contributed by atoms with E-state index in [1.807, 2.05) is 6.92 Å². The molecule has 0 aromatic carbocycles. The van der Waals surface area contributed by atoms with Crippen LogP contribution in [0.15, 0.2) is 0 Å². The topological polar surface area (TPSA) is 20.2 Å². The van der Waals surface area contributed by atoms with Gasteiger partial charge in [-0.15, -0.1) is 11.8 Å². The van der Waals surface area contributed by atoms with Gasteiger partial charge in [-0.2, -0.15) is 0 Å². The first-order valence-corrected chi connectivity index (χ1v) is 11.5. The summed E-state index contributed by atoms with van der Waals surface area (Å²) in [5, 5.41) is 10.2. The summed E-state index contributed by atoms with van der Waals surface area (Å²) in [5.74, 6) is 11.7. The highest BCUT2D eigenvalue weighted by molar-refractivity contribution is 5.10. The highest BCUT2D eigenvalue weighted by Crippen LogP contribution is 2.68. The van der Waals surface area contributed by atoms with E-state index in [1.165, 1.54) is 44.9 Å². The zero-order valence-corrected chi connectivity index (χ0v) is 17.6. The summed E-state index contributed by atoms with van der Waals surface area (Å²) in [5.41, 5.74) is 1.08. The molecule has 9 unspecified atom stereocenters. The minimum atomic E-state index is -0.0186. The van der Waals surface area contributed by atoms with Crippen LogP contribution in [0.4, 0.5) is 0 Å². The second kappa shape index (κ2) is 6.84. The molecule has 0 saturated heterocycles. The van der Waals surface area contributed by atoms with Gasteiger partial charge in [-0.1, -0.05) is 20.8 Å². The van der Waals surface area contributed by atoms with E-state index in [2.05, 4.69) is 32.6 Å². The van der Waals surface area contributed by atoms with Crippen molar-refractivity contribution in [3.63, 3.8) is 0 Å². The maximum atomic E-state index is 10.2. The fraction of sp³-hybridized carbons (Fsp3) is 0.920. The average molecular weight is 357 g/mol. The Morgan fingerprint density at radius 3 is 2.46 bits per heavy atom. The zero-order valence-electron chi connectivity index (χ0n) is 17.6. The maximum Gasteiger partial charge on any atom is 0.0543 e. The Kier molecular flexibility index (Phi) is 4.97. The first-order valence-electron chi connectivity index (χ1n) is 11.5. The number of fused-ring (bicyclic) bond motifs is 5. The molecule has 1 N–H and O–H groups in total. The minimum Gasteiger partial charge on any atom is -0.393 e. The van der Waals surface area contributed by atoms with E-state index in [4.69, 9.17) is 0 Å². The van der Waals surface area contributed by atoms with Crippen LogP contribution in [0.3, 0.4) is 0 Å². The van der Waals surface area contributed by atoms with Crippen LogP contribution in [0.2, 0.25) is 0 Å². The molecular formula is C25H40O. The van der Waals surface area contributed by atoms with Crippen molar-refractivity contribution < 1.29 is 5.11 Å². The Balaban J connectivity index is 1.55. The van der Waals surface area contributed by atoms with Crippen molar-refractivity contribution in [2.75, 3.05) is 0 Å². The van der Waals surface area contributed by atoms with E-state index < -0.39 is 0 Å². The fourth-order valence-electron chi connectivity index (χ4n) is 8.62. The molecule has 26 heavy (non-hydrogen) atoms. The number of rotatable bonds is 2. The third-order valence-corrected chi connectivity index (χ3v) is 10.00. The van der Waals surface area contributed by atoms with Gasteiger partial charge < -0.3 is 5.11 Å². The molecule has 1 nitrogen and oxygen atoms in total. The second-order valence-electron chi connectivity index (χ2n) is 10.9. The van der Waals surface area contributed by atoms with Crippen LogP contribution in [0.25, 0.3) is 0 Å². The summed E-state index contributed by atoms with van der Waals surface area (Å²) >= 11 is 0. The standard InChI is InChI=1S/C25H40O/c1-5-6-7-17(2)21-10-11-22-20-9-8-18-16-19(26)12-14-24(18,3)23(20)13-15-25(21,22)4/h17-23,26H,7-16H2,1-4H3. The molecule has 146 valence electrons. The summed E-state index contributed by atoms with van der Waals surface area (Å²) in [6, 6.07) is 0. The number of hydrogen-bond acceptors (Lipinski definition) is 1. The molecule has 0 amide bonds. The molecule has 0 bridgehead atoms. The molecule has 0 spiro atoms. The lowest BCUT2D eigenvalue weighted by atomic mass is 9.44. The van der Waals surface area contributed by atoms with Crippen molar-refractivity contribution in [2.45, 2.75) is 98.0 Å². The Morgan fingerprint density at radius 1 is 0.962 bits per heavy atom. The molecular weight excluding hydrogens is 316 g/mol. The first-order chi connectivity index (χ1) is 12.4. The van der Waals surface area contributed by atoms with Crippen molar-refractivity contribution in [1.82, 2.24) is 0 Å². The Bertz CT molecular complexity index is 585. The number of aliphatic hydroxyl groups excluding tert-OH is 1. The van der Waals surface area contributed by atoms with Gasteiger partial charge >= 0.3 is 0 Å². The SMILES string of the molecule is CC#CCC(C)C1CCC2C3CCC4CC(O)CCC4(C)C3CCC12C. The van der Waals surface area contributed by atoms with Gasteiger partial charge in [0.05, 0.1) is 6.10 Å². The van der Waals surface area contributed by atoms with Gasteiger partial charge in [0.1, 0.15) is 0 Å². The van der Waals surface area contributed by atoms with Gasteiger partial charge in [-0.25, -0.2) is 0 Å². The summed E-state index contributed by atoms with van der Waals surface area (Å²) < 4.78 is 0. The molecule has 4 aliphatic carbocycles. The summed E-state index contributed by atoms with van der Waals surface area (Å²) in [4.78, 5) is 0. The predicted octanol–water partition coefficient (Wildman–Crippen LogP) is 6.06. The molecule has 9 atom stereocenters. The molecule has 4 fully saturated rings. The van der Waals surface area contributed by atoms with E-state index in [0.29, 0.717) is 10.8 Å².